The number of hydrogen-bond donors (Lipinski definition) is 0. The first-order valence-electron chi connectivity index (χ1n) is 10.2. The van der Waals surface area contributed by atoms with E-state index in [1.807, 2.05) is 58.7 Å². The second-order valence-corrected chi connectivity index (χ2v) is 7.86. The lowest BCUT2D eigenvalue weighted by molar-refractivity contribution is -0.594. The molecule has 0 saturated heterocycles. The monoisotopic (exact) mass is 484 g/mol. The van der Waals surface area contributed by atoms with Gasteiger partial charge in [0.15, 0.2) is 16.9 Å². The van der Waals surface area contributed by atoms with Gasteiger partial charge in [-0.2, -0.15) is 17.6 Å². The minimum Gasteiger partial charge on any atom is -1.00 e. The lowest BCUT2D eigenvalue weighted by atomic mass is 10.2. The van der Waals surface area contributed by atoms with Crippen LogP contribution in [0.3, 0.4) is 0 Å². The van der Waals surface area contributed by atoms with Crippen molar-refractivity contribution in [1.29, 1.82) is 0 Å². The fourth-order valence-corrected chi connectivity index (χ4v) is 3.66. The van der Waals surface area contributed by atoms with E-state index in [4.69, 9.17) is 0 Å². The maximum atomic E-state index is 12.8. The second kappa shape index (κ2) is 8.83. The number of anilines is 1. The second-order valence-electron chi connectivity index (χ2n) is 7.86. The van der Waals surface area contributed by atoms with E-state index in [-0.39, 0.29) is 12.4 Å². The van der Waals surface area contributed by atoms with E-state index in [2.05, 4.69) is 34.6 Å². The third kappa shape index (κ3) is 4.34. The van der Waals surface area contributed by atoms with E-state index in [1.165, 1.54) is 16.8 Å². The highest BCUT2D eigenvalue weighted by atomic mass is 35.5. The lowest BCUT2D eigenvalue weighted by Gasteiger charge is -2.11. The zero-order valence-electron chi connectivity index (χ0n) is 18.3. The van der Waals surface area contributed by atoms with Gasteiger partial charge in [-0.25, -0.2) is 9.25 Å². The number of benzene rings is 2. The molecule has 0 fully saturated rings. The normalized spacial score (nSPS) is 11.4. The molecule has 2 aromatic carbocycles. The van der Waals surface area contributed by atoms with Crippen LogP contribution in [0.25, 0.3) is 28.3 Å². The van der Waals surface area contributed by atoms with Gasteiger partial charge in [-0.1, -0.05) is 11.3 Å². The van der Waals surface area contributed by atoms with Gasteiger partial charge in [0, 0.05) is 19.8 Å². The summed E-state index contributed by atoms with van der Waals surface area (Å²) in [7, 11) is 4.00. The molecule has 0 saturated carbocycles. The molecular weight excluding hydrogens is 465 g/mol. The average Bonchev–Trinajstić information content (AvgIpc) is 3.46. The molecule has 34 heavy (non-hydrogen) atoms. The molecule has 5 rings (SSSR count). The fraction of sp³-hybridized carbons (Fsp3) is 0.125. The summed E-state index contributed by atoms with van der Waals surface area (Å²) in [5.74, 6) is 0. The van der Waals surface area contributed by atoms with Crippen molar-refractivity contribution in [3.63, 3.8) is 0 Å². The number of aromatic nitrogens is 5. The van der Waals surface area contributed by atoms with Crippen molar-refractivity contribution >= 4 is 11.2 Å². The van der Waals surface area contributed by atoms with Crippen LogP contribution >= 0.6 is 0 Å². The van der Waals surface area contributed by atoms with Crippen LogP contribution in [-0.4, -0.2) is 33.5 Å². The molecule has 5 aromatic rings. The number of hydrogen-bond acceptors (Lipinski definition) is 3. The predicted molar refractivity (Wildman–Crippen MR) is 119 cm³/mol. The molecule has 3 aromatic heterocycles. The van der Waals surface area contributed by atoms with Crippen LogP contribution < -0.4 is 21.9 Å². The van der Waals surface area contributed by atoms with Crippen molar-refractivity contribution in [2.45, 2.75) is 6.18 Å². The topological polar surface area (TPSA) is 42.2 Å². The number of halogens is 4. The Morgan fingerprint density at radius 2 is 1.62 bits per heavy atom. The highest BCUT2D eigenvalue weighted by molar-refractivity contribution is 5.60. The van der Waals surface area contributed by atoms with Gasteiger partial charge in [0.2, 0.25) is 0 Å². The number of rotatable bonds is 4. The molecule has 0 N–H and O–H groups in total. The van der Waals surface area contributed by atoms with Crippen LogP contribution in [0.1, 0.15) is 5.56 Å². The van der Waals surface area contributed by atoms with E-state index >= 15 is 0 Å². The van der Waals surface area contributed by atoms with Crippen LogP contribution in [0.4, 0.5) is 18.9 Å². The third-order valence-corrected chi connectivity index (χ3v) is 5.45. The zero-order chi connectivity index (χ0) is 23.2. The van der Waals surface area contributed by atoms with E-state index in [9.17, 15) is 13.2 Å². The molecule has 10 heteroatoms. The van der Waals surface area contributed by atoms with Gasteiger partial charge in [0.05, 0.1) is 17.4 Å². The van der Waals surface area contributed by atoms with Crippen molar-refractivity contribution in [2.24, 2.45) is 0 Å². The lowest BCUT2D eigenvalue weighted by Crippen LogP contribution is -3.00. The molecule has 3 heterocycles. The van der Waals surface area contributed by atoms with Crippen molar-refractivity contribution in [2.75, 3.05) is 19.0 Å². The molecule has 0 aliphatic heterocycles. The summed E-state index contributed by atoms with van der Waals surface area (Å²) in [6.07, 6.45) is 1.31. The molecule has 0 atom stereocenters. The van der Waals surface area contributed by atoms with Crippen LogP contribution in [-0.2, 0) is 6.18 Å². The Bertz CT molecular complexity index is 1420. The summed E-state index contributed by atoms with van der Waals surface area (Å²) < 4.78 is 44.0. The Morgan fingerprint density at radius 1 is 0.912 bits per heavy atom. The first-order valence-corrected chi connectivity index (χ1v) is 10.2. The van der Waals surface area contributed by atoms with Crippen LogP contribution in [0, 0.1) is 0 Å². The molecule has 0 aliphatic carbocycles. The molecule has 174 valence electrons. The number of pyridine rings is 1. The quantitative estimate of drug-likeness (QED) is 0.364. The number of alkyl halides is 3. The minimum absolute atomic E-state index is 0. The Balaban J connectivity index is 0.00000274. The highest BCUT2D eigenvalue weighted by Gasteiger charge is 2.30. The summed E-state index contributed by atoms with van der Waals surface area (Å²) in [4.78, 5) is 2.04. The van der Waals surface area contributed by atoms with Crippen molar-refractivity contribution < 1.29 is 30.1 Å². The number of nitrogens with zero attached hydrogens (tertiary/aromatic N) is 6. The smallest absolute Gasteiger partial charge is 0.416 e. The molecular formula is C24H20ClF3N6. The molecule has 6 nitrogen and oxygen atoms in total. The minimum atomic E-state index is -4.38. The van der Waals surface area contributed by atoms with Crippen LogP contribution in [0.2, 0.25) is 0 Å². The molecule has 0 unspecified atom stereocenters. The first-order chi connectivity index (χ1) is 15.8. The largest absolute Gasteiger partial charge is 1.00 e. The van der Waals surface area contributed by atoms with Gasteiger partial charge in [-0.15, -0.1) is 5.10 Å². The molecule has 0 aliphatic rings. The Hall–Kier alpha value is -3.85. The number of fused-ring (bicyclic) bond motifs is 1. The van der Waals surface area contributed by atoms with E-state index in [0.29, 0.717) is 11.4 Å². The average molecular weight is 485 g/mol. The summed E-state index contributed by atoms with van der Waals surface area (Å²) in [6.45, 7) is 0. The van der Waals surface area contributed by atoms with Gasteiger partial charge in [-0.3, -0.25) is 0 Å². The predicted octanol–water partition coefficient (Wildman–Crippen LogP) is 1.55. The van der Waals surface area contributed by atoms with Gasteiger partial charge in [0.1, 0.15) is 11.9 Å². The SMILES string of the molecule is CN(C)c1ccc(-[n+]2cc3cccc(-c4cn(-c5ccc(C(F)(F)F)cc5)nn4)n3c2)cc1.[Cl-]. The molecule has 0 radical (unpaired) electrons. The fourth-order valence-electron chi connectivity index (χ4n) is 3.66. The summed E-state index contributed by atoms with van der Waals surface area (Å²) in [5.41, 5.74) is 4.31. The summed E-state index contributed by atoms with van der Waals surface area (Å²) in [5, 5.41) is 8.37. The summed E-state index contributed by atoms with van der Waals surface area (Å²) in [6, 6.07) is 18.9. The Kier molecular flexibility index (Phi) is 6.05. The van der Waals surface area contributed by atoms with Crippen molar-refractivity contribution in [3.05, 3.63) is 91.0 Å². The summed E-state index contributed by atoms with van der Waals surface area (Å²) >= 11 is 0. The van der Waals surface area contributed by atoms with Gasteiger partial charge < -0.3 is 17.3 Å². The Labute approximate surface area is 199 Å². The van der Waals surface area contributed by atoms with Crippen LogP contribution in [0.15, 0.2) is 85.5 Å². The van der Waals surface area contributed by atoms with E-state index in [1.54, 1.807) is 6.20 Å². The van der Waals surface area contributed by atoms with Crippen molar-refractivity contribution in [3.8, 4) is 22.8 Å². The molecule has 0 amide bonds. The van der Waals surface area contributed by atoms with Gasteiger partial charge >= 0.3 is 6.18 Å². The van der Waals surface area contributed by atoms with E-state index < -0.39 is 11.7 Å². The first kappa shape index (κ1) is 23.3. The Morgan fingerprint density at radius 3 is 2.26 bits per heavy atom. The maximum Gasteiger partial charge on any atom is 0.416 e. The third-order valence-electron chi connectivity index (χ3n) is 5.45. The van der Waals surface area contributed by atoms with Crippen molar-refractivity contribution in [1.82, 2.24) is 19.4 Å². The molecule has 0 bridgehead atoms. The zero-order valence-corrected chi connectivity index (χ0v) is 19.0. The van der Waals surface area contributed by atoms with Gasteiger partial charge in [0.25, 0.3) is 6.33 Å². The highest BCUT2D eigenvalue weighted by Crippen LogP contribution is 2.29. The molecule has 0 spiro atoms. The van der Waals surface area contributed by atoms with Crippen LogP contribution in [0.5, 0.6) is 0 Å². The number of imidazole rings is 1. The van der Waals surface area contributed by atoms with Gasteiger partial charge in [-0.05, 0) is 60.7 Å². The standard InChI is InChI=1S/C24H20F3N6.ClH/c1-30(2)18-10-12-19(13-11-18)31-14-21-4-3-5-23(32(21)16-31)22-15-33(29-28-22)20-8-6-17(7-9-20)24(25,26)27;/h3-16H,1-2H3;1H/q+1;/p-1. The van der Waals surface area contributed by atoms with E-state index in [0.717, 1.165) is 34.7 Å². The maximum absolute atomic E-state index is 12.8.